The summed E-state index contributed by atoms with van der Waals surface area (Å²) in [6.07, 6.45) is -7.67. The van der Waals surface area contributed by atoms with Crippen LogP contribution in [0.1, 0.15) is 6.92 Å². The van der Waals surface area contributed by atoms with Gasteiger partial charge in [0, 0.05) is 49.6 Å². The normalized spacial score (nSPS) is 40.2. The number of rotatable bonds is 11. The molecule has 2 fully saturated rings. The van der Waals surface area contributed by atoms with Crippen molar-refractivity contribution in [3.8, 4) is 0 Å². The Kier molecular flexibility index (Phi) is 11.2. The molecule has 2 heterocycles. The van der Waals surface area contributed by atoms with Crippen molar-refractivity contribution < 1.29 is 57.3 Å². The molecule has 32 heavy (non-hydrogen) atoms. The Morgan fingerprint density at radius 2 is 1.25 bits per heavy atom. The maximum atomic E-state index is 11.7. The van der Waals surface area contributed by atoms with Crippen LogP contribution in [0.4, 0.5) is 0 Å². The topological polar surface area (TPSA) is 130 Å². The average molecular weight is 468 g/mol. The average Bonchev–Trinajstić information content (AvgIpc) is 2.77. The summed E-state index contributed by atoms with van der Waals surface area (Å²) < 4.78 is 55.8. The predicted octanol–water partition coefficient (Wildman–Crippen LogP) is -0.902. The number of aliphatic hydroxyl groups excluding tert-OH is 1. The molecule has 0 saturated carbocycles. The lowest BCUT2D eigenvalue weighted by atomic mass is 9.97. The van der Waals surface area contributed by atoms with E-state index in [0.717, 1.165) is 0 Å². The first-order chi connectivity index (χ1) is 15.4. The summed E-state index contributed by atoms with van der Waals surface area (Å²) in [5, 5.41) is 10.4. The molecule has 1 N–H and O–H groups in total. The van der Waals surface area contributed by atoms with Crippen molar-refractivity contribution in [2.24, 2.45) is 0 Å². The van der Waals surface area contributed by atoms with Gasteiger partial charge in [0.2, 0.25) is 0 Å². The molecule has 0 unspecified atom stereocenters. The first kappa shape index (κ1) is 27.3. The van der Waals surface area contributed by atoms with E-state index in [2.05, 4.69) is 0 Å². The lowest BCUT2D eigenvalue weighted by Gasteiger charge is -2.46. The molecule has 0 aromatic heterocycles. The van der Waals surface area contributed by atoms with Gasteiger partial charge in [-0.05, 0) is 0 Å². The quantitative estimate of drug-likeness (QED) is 0.377. The Hall–Kier alpha value is -0.930. The number of esters is 1. The third-order valence-corrected chi connectivity index (χ3v) is 5.62. The predicted molar refractivity (Wildman–Crippen MR) is 107 cm³/mol. The van der Waals surface area contributed by atoms with Gasteiger partial charge in [0.05, 0.1) is 13.2 Å². The number of carbonyl (C=O) groups is 1. The van der Waals surface area contributed by atoms with Gasteiger partial charge in [-0.25, -0.2) is 0 Å². The summed E-state index contributed by atoms with van der Waals surface area (Å²) in [4.78, 5) is 11.7. The summed E-state index contributed by atoms with van der Waals surface area (Å²) in [7, 11) is 8.98. The van der Waals surface area contributed by atoms with Gasteiger partial charge < -0.3 is 52.5 Å². The zero-order chi connectivity index (χ0) is 23.8. The molecule has 12 heteroatoms. The van der Waals surface area contributed by atoms with Crippen LogP contribution in [0.3, 0.4) is 0 Å². The largest absolute Gasteiger partial charge is 0.457 e. The number of carbonyl (C=O) groups excluding carboxylic acids is 1. The minimum atomic E-state index is -1.32. The van der Waals surface area contributed by atoms with Gasteiger partial charge in [0.25, 0.3) is 0 Å². The van der Waals surface area contributed by atoms with E-state index in [4.69, 9.17) is 47.4 Å². The van der Waals surface area contributed by atoms with Crippen molar-refractivity contribution in [1.29, 1.82) is 0 Å². The number of hydrogen-bond acceptors (Lipinski definition) is 12. The second-order valence-corrected chi connectivity index (χ2v) is 7.47. The molecule has 10 atom stereocenters. The molecule has 0 aromatic carbocycles. The molecule has 0 bridgehead atoms. The second kappa shape index (κ2) is 13.1. The Labute approximate surface area is 188 Å². The van der Waals surface area contributed by atoms with Crippen molar-refractivity contribution in [3.05, 3.63) is 0 Å². The van der Waals surface area contributed by atoms with E-state index >= 15 is 0 Å². The zero-order valence-corrected chi connectivity index (χ0v) is 19.6. The molecular weight excluding hydrogens is 432 g/mol. The van der Waals surface area contributed by atoms with E-state index in [9.17, 15) is 9.90 Å². The highest BCUT2D eigenvalue weighted by Gasteiger charge is 2.51. The highest BCUT2D eigenvalue weighted by Crippen LogP contribution is 2.30. The SMILES string of the molecule is COC[C@H]1O[C@@H](OC[C@H]2O[C@H](O)[C@H](OC)[C@@H](OC)[C@@H]2OC(C)=O)[C@H](OC)[C@@H](OC)[C@H]1OC. The smallest absolute Gasteiger partial charge is 0.303 e. The first-order valence-electron chi connectivity index (χ1n) is 10.3. The van der Waals surface area contributed by atoms with E-state index < -0.39 is 67.4 Å². The summed E-state index contributed by atoms with van der Waals surface area (Å²) >= 11 is 0. The van der Waals surface area contributed by atoms with E-state index in [1.54, 1.807) is 21.3 Å². The fraction of sp³-hybridized carbons (Fsp3) is 0.950. The van der Waals surface area contributed by atoms with Crippen molar-refractivity contribution in [1.82, 2.24) is 0 Å². The molecule has 188 valence electrons. The van der Waals surface area contributed by atoms with Gasteiger partial charge in [-0.2, -0.15) is 0 Å². The summed E-state index contributed by atoms with van der Waals surface area (Å²) in [6.45, 7) is 1.40. The van der Waals surface area contributed by atoms with Gasteiger partial charge in [-0.3, -0.25) is 4.79 Å². The van der Waals surface area contributed by atoms with Crippen LogP contribution in [-0.4, -0.2) is 128 Å². The molecule has 0 amide bonds. The van der Waals surface area contributed by atoms with Gasteiger partial charge in [-0.15, -0.1) is 0 Å². The third kappa shape index (κ3) is 6.14. The molecule has 2 aliphatic rings. The van der Waals surface area contributed by atoms with Crippen LogP contribution in [0.5, 0.6) is 0 Å². The second-order valence-electron chi connectivity index (χ2n) is 7.47. The molecule has 0 aromatic rings. The van der Waals surface area contributed by atoms with Gasteiger partial charge in [-0.1, -0.05) is 0 Å². The minimum Gasteiger partial charge on any atom is -0.457 e. The van der Waals surface area contributed by atoms with E-state index in [1.165, 1.54) is 28.3 Å². The number of ether oxygens (including phenoxy) is 10. The fourth-order valence-corrected chi connectivity index (χ4v) is 4.18. The minimum absolute atomic E-state index is 0.108. The summed E-state index contributed by atoms with van der Waals surface area (Å²) in [5.74, 6) is -0.539. The molecular formula is C20H36O12. The lowest BCUT2D eigenvalue weighted by molar-refractivity contribution is -0.335. The van der Waals surface area contributed by atoms with Gasteiger partial charge in [0.1, 0.15) is 42.7 Å². The van der Waals surface area contributed by atoms with Crippen LogP contribution in [0.25, 0.3) is 0 Å². The van der Waals surface area contributed by atoms with E-state index in [0.29, 0.717) is 0 Å². The zero-order valence-electron chi connectivity index (χ0n) is 19.6. The van der Waals surface area contributed by atoms with Crippen molar-refractivity contribution in [2.45, 2.75) is 68.3 Å². The molecule has 2 saturated heterocycles. The summed E-state index contributed by atoms with van der Waals surface area (Å²) in [6, 6.07) is 0. The molecule has 0 aliphatic carbocycles. The molecule has 2 aliphatic heterocycles. The van der Waals surface area contributed by atoms with Gasteiger partial charge >= 0.3 is 5.97 Å². The van der Waals surface area contributed by atoms with Crippen LogP contribution in [0.15, 0.2) is 0 Å². The standard InChI is InChI=1S/C20H36O12/c1-10(21)30-14-12(31-19(22)17(27-6)16(14)26-5)9-29-20-18(28-7)15(25-4)13(24-3)11(32-20)8-23-2/h11-20,22H,8-9H2,1-7H3/t11-,12-,13+,14-,15+,16+,17-,18-,19+,20-/m1/s1. The Balaban J connectivity index is 2.19. The maximum absolute atomic E-state index is 11.7. The van der Waals surface area contributed by atoms with Crippen LogP contribution in [0.2, 0.25) is 0 Å². The number of aliphatic hydroxyl groups is 1. The van der Waals surface area contributed by atoms with E-state index in [-0.39, 0.29) is 13.2 Å². The van der Waals surface area contributed by atoms with Gasteiger partial charge in [0.15, 0.2) is 18.7 Å². The summed E-state index contributed by atoms with van der Waals surface area (Å²) in [5.41, 5.74) is 0. The molecule has 2 rings (SSSR count). The Morgan fingerprint density at radius 1 is 0.719 bits per heavy atom. The van der Waals surface area contributed by atoms with Crippen LogP contribution < -0.4 is 0 Å². The Bertz CT molecular complexity index is 563. The highest BCUT2D eigenvalue weighted by atomic mass is 16.7. The number of hydrogen-bond donors (Lipinski definition) is 1. The molecule has 12 nitrogen and oxygen atoms in total. The van der Waals surface area contributed by atoms with Crippen LogP contribution in [-0.2, 0) is 52.2 Å². The highest BCUT2D eigenvalue weighted by molar-refractivity contribution is 5.66. The van der Waals surface area contributed by atoms with Crippen molar-refractivity contribution in [3.63, 3.8) is 0 Å². The van der Waals surface area contributed by atoms with Crippen molar-refractivity contribution >= 4 is 5.97 Å². The Morgan fingerprint density at radius 3 is 1.75 bits per heavy atom. The van der Waals surface area contributed by atoms with Crippen LogP contribution >= 0.6 is 0 Å². The number of methoxy groups -OCH3 is 6. The maximum Gasteiger partial charge on any atom is 0.303 e. The lowest BCUT2D eigenvalue weighted by Crippen LogP contribution is -2.63. The first-order valence-corrected chi connectivity index (χ1v) is 10.3. The molecule has 0 spiro atoms. The monoisotopic (exact) mass is 468 g/mol. The third-order valence-electron chi connectivity index (χ3n) is 5.62. The van der Waals surface area contributed by atoms with Crippen LogP contribution in [0, 0.1) is 0 Å². The fourth-order valence-electron chi connectivity index (χ4n) is 4.18. The van der Waals surface area contributed by atoms with E-state index in [1.807, 2.05) is 0 Å². The van der Waals surface area contributed by atoms with Crippen molar-refractivity contribution in [2.75, 3.05) is 55.9 Å². The molecule has 0 radical (unpaired) electrons.